The molecule has 0 unspecified atom stereocenters. The van der Waals surface area contributed by atoms with Crippen molar-refractivity contribution in [1.82, 2.24) is 0 Å². The Kier molecular flexibility index (Phi) is 3.18. The van der Waals surface area contributed by atoms with Crippen LogP contribution in [-0.2, 0) is 11.2 Å². The van der Waals surface area contributed by atoms with Crippen LogP contribution >= 0.6 is 0 Å². The molecule has 1 aliphatic heterocycles. The second-order valence-electron chi connectivity index (χ2n) is 5.43. The van der Waals surface area contributed by atoms with E-state index in [1.165, 1.54) is 16.7 Å². The fraction of sp³-hybridized carbons (Fsp3) is 0.235. The van der Waals surface area contributed by atoms with Crippen molar-refractivity contribution in [2.45, 2.75) is 26.3 Å². The van der Waals surface area contributed by atoms with Crippen LogP contribution in [0.2, 0.25) is 0 Å². The number of rotatable bonds is 2. The molecule has 20 heavy (non-hydrogen) atoms. The number of hydrogen-bond acceptors (Lipinski definition) is 2. The van der Waals surface area contributed by atoms with Gasteiger partial charge in [0.05, 0.1) is 11.4 Å². The number of benzene rings is 2. The molecule has 0 spiro atoms. The summed E-state index contributed by atoms with van der Waals surface area (Å²) in [5.74, 6) is 0.0304. The molecule has 0 radical (unpaired) electrons. The van der Waals surface area contributed by atoms with E-state index in [1.807, 2.05) is 24.3 Å². The van der Waals surface area contributed by atoms with Crippen molar-refractivity contribution in [3.05, 3.63) is 59.2 Å². The Bertz CT molecular complexity index is 644. The van der Waals surface area contributed by atoms with Gasteiger partial charge in [-0.3, -0.25) is 4.79 Å². The first kappa shape index (κ1) is 12.7. The van der Waals surface area contributed by atoms with E-state index in [0.717, 1.165) is 11.4 Å². The summed E-state index contributed by atoms with van der Waals surface area (Å²) in [6.45, 7) is 4.17. The highest BCUT2D eigenvalue weighted by molar-refractivity contribution is 6.03. The number of carbonyl (C=O) groups excluding carboxylic acids is 1. The van der Waals surface area contributed by atoms with E-state index in [0.29, 0.717) is 6.42 Å². The van der Waals surface area contributed by atoms with Crippen LogP contribution < -0.4 is 10.6 Å². The minimum absolute atomic E-state index is 0.0304. The molecule has 0 saturated heterocycles. The fourth-order valence-electron chi connectivity index (χ4n) is 2.76. The van der Waals surface area contributed by atoms with Gasteiger partial charge in [0, 0.05) is 6.42 Å². The number of fused-ring (bicyclic) bond motifs is 1. The first-order valence-electron chi connectivity index (χ1n) is 6.85. The van der Waals surface area contributed by atoms with Crippen LogP contribution in [-0.4, -0.2) is 11.9 Å². The van der Waals surface area contributed by atoms with Crippen LogP contribution in [0.15, 0.2) is 42.5 Å². The zero-order valence-corrected chi connectivity index (χ0v) is 11.7. The molecular formula is C17H18N2O. The molecule has 2 N–H and O–H groups in total. The summed E-state index contributed by atoms with van der Waals surface area (Å²) in [6.07, 6.45) is 0.697. The Morgan fingerprint density at radius 1 is 1.00 bits per heavy atom. The van der Waals surface area contributed by atoms with Crippen molar-refractivity contribution in [2.75, 3.05) is 10.6 Å². The van der Waals surface area contributed by atoms with E-state index in [-0.39, 0.29) is 11.9 Å². The minimum atomic E-state index is -0.217. The molecule has 2 aromatic carbocycles. The van der Waals surface area contributed by atoms with Gasteiger partial charge in [0.2, 0.25) is 5.91 Å². The number of anilines is 2. The lowest BCUT2D eigenvalue weighted by Crippen LogP contribution is -2.40. The Labute approximate surface area is 119 Å². The molecule has 1 heterocycles. The molecule has 0 bridgehead atoms. The molecule has 1 aliphatic rings. The number of nitrogens with one attached hydrogen (secondary N) is 2. The predicted molar refractivity (Wildman–Crippen MR) is 82.1 cm³/mol. The Morgan fingerprint density at radius 2 is 1.65 bits per heavy atom. The molecule has 2 aromatic rings. The highest BCUT2D eigenvalue weighted by Gasteiger charge is 2.25. The smallest absolute Gasteiger partial charge is 0.247 e. The SMILES string of the molecule is Cc1cc(C)cc(C[C@H]2Nc3ccccc3NC2=O)c1. The van der Waals surface area contributed by atoms with Gasteiger partial charge in [-0.25, -0.2) is 0 Å². The van der Waals surface area contributed by atoms with E-state index in [9.17, 15) is 4.79 Å². The summed E-state index contributed by atoms with van der Waals surface area (Å²) >= 11 is 0. The van der Waals surface area contributed by atoms with Crippen LogP contribution in [0.4, 0.5) is 11.4 Å². The fourth-order valence-corrected chi connectivity index (χ4v) is 2.76. The molecule has 0 fully saturated rings. The summed E-state index contributed by atoms with van der Waals surface area (Å²) in [5.41, 5.74) is 5.50. The largest absolute Gasteiger partial charge is 0.372 e. The summed E-state index contributed by atoms with van der Waals surface area (Å²) in [7, 11) is 0. The first-order valence-corrected chi connectivity index (χ1v) is 6.85. The summed E-state index contributed by atoms with van der Waals surface area (Å²) < 4.78 is 0. The summed E-state index contributed by atoms with van der Waals surface area (Å²) in [6, 6.07) is 14.0. The van der Waals surface area contributed by atoms with Crippen molar-refractivity contribution in [2.24, 2.45) is 0 Å². The van der Waals surface area contributed by atoms with Gasteiger partial charge in [-0.1, -0.05) is 41.5 Å². The van der Waals surface area contributed by atoms with Crippen LogP contribution in [0.5, 0.6) is 0 Å². The number of amides is 1. The zero-order chi connectivity index (χ0) is 14.1. The van der Waals surface area contributed by atoms with Crippen molar-refractivity contribution < 1.29 is 4.79 Å². The van der Waals surface area contributed by atoms with E-state index in [2.05, 4.69) is 42.7 Å². The molecule has 102 valence electrons. The topological polar surface area (TPSA) is 41.1 Å². The van der Waals surface area contributed by atoms with E-state index in [1.54, 1.807) is 0 Å². The Hall–Kier alpha value is -2.29. The molecule has 3 rings (SSSR count). The minimum Gasteiger partial charge on any atom is -0.372 e. The summed E-state index contributed by atoms with van der Waals surface area (Å²) in [5, 5.41) is 6.28. The molecule has 3 nitrogen and oxygen atoms in total. The maximum Gasteiger partial charge on any atom is 0.247 e. The average Bonchev–Trinajstić information content (AvgIpc) is 2.38. The monoisotopic (exact) mass is 266 g/mol. The maximum atomic E-state index is 12.2. The number of aryl methyl sites for hydroxylation is 2. The molecule has 1 atom stereocenters. The first-order chi connectivity index (χ1) is 9.61. The molecule has 1 amide bonds. The number of para-hydroxylation sites is 2. The van der Waals surface area contributed by atoms with E-state index >= 15 is 0 Å². The second kappa shape index (κ2) is 5.00. The maximum absolute atomic E-state index is 12.2. The van der Waals surface area contributed by atoms with Crippen molar-refractivity contribution in [1.29, 1.82) is 0 Å². The molecular weight excluding hydrogens is 248 g/mol. The third-order valence-corrected chi connectivity index (χ3v) is 3.55. The second-order valence-corrected chi connectivity index (χ2v) is 5.43. The van der Waals surface area contributed by atoms with Crippen LogP contribution in [0.3, 0.4) is 0 Å². The van der Waals surface area contributed by atoms with Gasteiger partial charge in [-0.05, 0) is 31.5 Å². The van der Waals surface area contributed by atoms with Crippen molar-refractivity contribution >= 4 is 17.3 Å². The van der Waals surface area contributed by atoms with Crippen molar-refractivity contribution in [3.8, 4) is 0 Å². The number of hydrogen-bond donors (Lipinski definition) is 2. The lowest BCUT2D eigenvalue weighted by atomic mass is 9.99. The lowest BCUT2D eigenvalue weighted by Gasteiger charge is -2.27. The third kappa shape index (κ3) is 2.52. The van der Waals surface area contributed by atoms with E-state index < -0.39 is 0 Å². The Balaban J connectivity index is 1.83. The molecule has 3 heteroatoms. The van der Waals surface area contributed by atoms with Crippen LogP contribution in [0, 0.1) is 13.8 Å². The van der Waals surface area contributed by atoms with E-state index in [4.69, 9.17) is 0 Å². The standard InChI is InChI=1S/C17H18N2O/c1-11-7-12(2)9-13(8-11)10-16-17(20)19-15-6-4-3-5-14(15)18-16/h3-9,16,18H,10H2,1-2H3,(H,19,20)/t16-/m1/s1. The van der Waals surface area contributed by atoms with Gasteiger partial charge in [-0.15, -0.1) is 0 Å². The van der Waals surface area contributed by atoms with Gasteiger partial charge in [0.15, 0.2) is 0 Å². The molecule has 0 saturated carbocycles. The van der Waals surface area contributed by atoms with Crippen molar-refractivity contribution in [3.63, 3.8) is 0 Å². The predicted octanol–water partition coefficient (Wildman–Crippen LogP) is 3.28. The average molecular weight is 266 g/mol. The van der Waals surface area contributed by atoms with Gasteiger partial charge in [0.25, 0.3) is 0 Å². The summed E-state index contributed by atoms with van der Waals surface area (Å²) in [4.78, 5) is 12.2. The molecule has 0 aromatic heterocycles. The Morgan fingerprint density at radius 3 is 2.35 bits per heavy atom. The van der Waals surface area contributed by atoms with Gasteiger partial charge >= 0.3 is 0 Å². The third-order valence-electron chi connectivity index (χ3n) is 3.55. The molecule has 0 aliphatic carbocycles. The van der Waals surface area contributed by atoms with Gasteiger partial charge in [0.1, 0.15) is 6.04 Å². The zero-order valence-electron chi connectivity index (χ0n) is 11.7. The lowest BCUT2D eigenvalue weighted by molar-refractivity contribution is -0.117. The highest BCUT2D eigenvalue weighted by atomic mass is 16.2. The quantitative estimate of drug-likeness (QED) is 0.876. The van der Waals surface area contributed by atoms with Gasteiger partial charge in [-0.2, -0.15) is 0 Å². The van der Waals surface area contributed by atoms with Gasteiger partial charge < -0.3 is 10.6 Å². The highest BCUT2D eigenvalue weighted by Crippen LogP contribution is 2.27. The normalized spacial score (nSPS) is 17.1. The van der Waals surface area contributed by atoms with Crippen LogP contribution in [0.25, 0.3) is 0 Å². The number of carbonyl (C=O) groups is 1. The van der Waals surface area contributed by atoms with Crippen LogP contribution in [0.1, 0.15) is 16.7 Å².